The zero-order chi connectivity index (χ0) is 14.7. The molecule has 112 valence electrons. The summed E-state index contributed by atoms with van der Waals surface area (Å²) in [6.07, 6.45) is 2.65. The molecular formula is C17H22N2OS. The van der Waals surface area contributed by atoms with Crippen molar-refractivity contribution >= 4 is 16.5 Å². The molecule has 1 saturated heterocycles. The summed E-state index contributed by atoms with van der Waals surface area (Å²) in [4.78, 5) is 7.10. The highest BCUT2D eigenvalue weighted by molar-refractivity contribution is 7.13. The number of hydrogen-bond donors (Lipinski definition) is 1. The van der Waals surface area contributed by atoms with Crippen molar-refractivity contribution < 1.29 is 5.11 Å². The van der Waals surface area contributed by atoms with Gasteiger partial charge in [0, 0.05) is 24.9 Å². The summed E-state index contributed by atoms with van der Waals surface area (Å²) in [7, 11) is 0. The fourth-order valence-electron chi connectivity index (χ4n) is 2.87. The second-order valence-corrected chi connectivity index (χ2v) is 6.60. The van der Waals surface area contributed by atoms with Gasteiger partial charge in [0.15, 0.2) is 5.13 Å². The Kier molecular flexibility index (Phi) is 4.56. The van der Waals surface area contributed by atoms with Crippen molar-refractivity contribution in [2.45, 2.75) is 32.3 Å². The number of aromatic nitrogens is 1. The molecule has 0 spiro atoms. The highest BCUT2D eigenvalue weighted by atomic mass is 32.1. The number of hydrogen-bond acceptors (Lipinski definition) is 4. The summed E-state index contributed by atoms with van der Waals surface area (Å²) in [6, 6.07) is 9.81. The van der Waals surface area contributed by atoms with Gasteiger partial charge in [-0.05, 0) is 17.9 Å². The maximum absolute atomic E-state index is 10.3. The molecule has 1 aromatic heterocycles. The number of aliphatic hydroxyl groups excluding tert-OH is 1. The van der Waals surface area contributed by atoms with E-state index >= 15 is 0 Å². The minimum absolute atomic E-state index is 0.469. The first-order valence-corrected chi connectivity index (χ1v) is 8.56. The maximum atomic E-state index is 10.3. The minimum Gasteiger partial charge on any atom is -0.388 e. The molecular weight excluding hydrogens is 280 g/mol. The smallest absolute Gasteiger partial charge is 0.185 e. The van der Waals surface area contributed by atoms with E-state index < -0.39 is 6.10 Å². The topological polar surface area (TPSA) is 36.4 Å². The van der Waals surface area contributed by atoms with Crippen LogP contribution in [0.15, 0.2) is 35.7 Å². The van der Waals surface area contributed by atoms with Crippen LogP contribution in [0, 0.1) is 5.92 Å². The Bertz CT molecular complexity index is 569. The van der Waals surface area contributed by atoms with Gasteiger partial charge in [-0.15, -0.1) is 11.3 Å². The van der Waals surface area contributed by atoms with E-state index in [4.69, 9.17) is 4.98 Å². The molecule has 2 atom stereocenters. The molecule has 1 aromatic carbocycles. The number of rotatable bonds is 5. The van der Waals surface area contributed by atoms with Crippen LogP contribution in [0.2, 0.25) is 0 Å². The average molecular weight is 302 g/mol. The van der Waals surface area contributed by atoms with Crippen molar-refractivity contribution in [3.05, 3.63) is 47.0 Å². The van der Waals surface area contributed by atoms with Crippen LogP contribution in [0.5, 0.6) is 0 Å². The van der Waals surface area contributed by atoms with Gasteiger partial charge in [0.2, 0.25) is 0 Å². The normalized spacial score (nSPS) is 19.9. The van der Waals surface area contributed by atoms with Crippen LogP contribution < -0.4 is 4.90 Å². The molecule has 0 bridgehead atoms. The predicted octanol–water partition coefficient (Wildman–Crippen LogP) is 3.66. The van der Waals surface area contributed by atoms with Gasteiger partial charge in [-0.25, -0.2) is 4.98 Å². The van der Waals surface area contributed by atoms with Crippen LogP contribution in [-0.2, 0) is 6.42 Å². The second kappa shape index (κ2) is 6.58. The van der Waals surface area contributed by atoms with E-state index in [1.54, 1.807) is 11.3 Å². The summed E-state index contributed by atoms with van der Waals surface area (Å²) in [5.74, 6) is 0.812. The van der Waals surface area contributed by atoms with Crippen molar-refractivity contribution in [1.29, 1.82) is 0 Å². The Morgan fingerprint density at radius 1 is 1.38 bits per heavy atom. The molecule has 4 heteroatoms. The highest BCUT2D eigenvalue weighted by Crippen LogP contribution is 2.29. The number of benzene rings is 1. The third kappa shape index (κ3) is 3.44. The standard InChI is InChI=1S/C17H22N2OS/c1-2-13-8-9-19(11-13)17-18-15(12-21-17)10-16(20)14-6-4-3-5-7-14/h3-7,12-13,16,20H,2,8-11H2,1H3. The number of anilines is 1. The highest BCUT2D eigenvalue weighted by Gasteiger charge is 2.23. The first-order valence-electron chi connectivity index (χ1n) is 7.68. The Morgan fingerprint density at radius 2 is 2.19 bits per heavy atom. The molecule has 1 aliphatic heterocycles. The molecule has 21 heavy (non-hydrogen) atoms. The van der Waals surface area contributed by atoms with Crippen LogP contribution in [0.25, 0.3) is 0 Å². The van der Waals surface area contributed by atoms with Gasteiger partial charge in [-0.1, -0.05) is 43.7 Å². The lowest BCUT2D eigenvalue weighted by atomic mass is 10.1. The van der Waals surface area contributed by atoms with Crippen molar-refractivity contribution in [3.8, 4) is 0 Å². The molecule has 3 nitrogen and oxygen atoms in total. The average Bonchev–Trinajstić information content (AvgIpc) is 3.16. The van der Waals surface area contributed by atoms with E-state index in [-0.39, 0.29) is 0 Å². The molecule has 1 N–H and O–H groups in total. The molecule has 3 rings (SSSR count). The van der Waals surface area contributed by atoms with Gasteiger partial charge in [0.05, 0.1) is 11.8 Å². The summed E-state index contributed by atoms with van der Waals surface area (Å²) in [6.45, 7) is 4.51. The number of nitrogens with zero attached hydrogens (tertiary/aromatic N) is 2. The predicted molar refractivity (Wildman–Crippen MR) is 87.8 cm³/mol. The molecule has 0 amide bonds. The monoisotopic (exact) mass is 302 g/mol. The SMILES string of the molecule is CCC1CCN(c2nc(CC(O)c3ccccc3)cs2)C1. The molecule has 2 heterocycles. The summed E-state index contributed by atoms with van der Waals surface area (Å²) in [5.41, 5.74) is 1.95. The molecule has 2 unspecified atom stereocenters. The van der Waals surface area contributed by atoms with E-state index in [9.17, 15) is 5.11 Å². The molecule has 2 aromatic rings. The third-order valence-corrected chi connectivity index (χ3v) is 5.21. The van der Waals surface area contributed by atoms with Gasteiger partial charge in [0.25, 0.3) is 0 Å². The quantitative estimate of drug-likeness (QED) is 0.916. The van der Waals surface area contributed by atoms with E-state index in [0.29, 0.717) is 6.42 Å². The summed E-state index contributed by atoms with van der Waals surface area (Å²) in [5, 5.41) is 13.5. The van der Waals surface area contributed by atoms with Crippen molar-refractivity contribution in [2.75, 3.05) is 18.0 Å². The first kappa shape index (κ1) is 14.5. The van der Waals surface area contributed by atoms with Crippen molar-refractivity contribution in [3.63, 3.8) is 0 Å². The fraction of sp³-hybridized carbons (Fsp3) is 0.471. The van der Waals surface area contributed by atoms with Crippen molar-refractivity contribution in [1.82, 2.24) is 4.98 Å². The van der Waals surface area contributed by atoms with Crippen LogP contribution in [-0.4, -0.2) is 23.2 Å². The Morgan fingerprint density at radius 3 is 2.90 bits per heavy atom. The molecule has 0 aliphatic carbocycles. The maximum Gasteiger partial charge on any atom is 0.185 e. The van der Waals surface area contributed by atoms with Gasteiger partial charge in [0.1, 0.15) is 0 Å². The molecule has 0 saturated carbocycles. The number of thiazole rings is 1. The van der Waals surface area contributed by atoms with Crippen LogP contribution in [0.1, 0.15) is 37.1 Å². The van der Waals surface area contributed by atoms with Gasteiger partial charge in [-0.3, -0.25) is 0 Å². The second-order valence-electron chi connectivity index (χ2n) is 5.76. The zero-order valence-electron chi connectivity index (χ0n) is 12.4. The van der Waals surface area contributed by atoms with Gasteiger partial charge >= 0.3 is 0 Å². The zero-order valence-corrected chi connectivity index (χ0v) is 13.2. The lowest BCUT2D eigenvalue weighted by molar-refractivity contribution is 0.177. The van der Waals surface area contributed by atoms with E-state index in [1.165, 1.54) is 12.8 Å². The number of aliphatic hydroxyl groups is 1. The van der Waals surface area contributed by atoms with Gasteiger partial charge < -0.3 is 10.0 Å². The van der Waals surface area contributed by atoms with Gasteiger partial charge in [-0.2, -0.15) is 0 Å². The Balaban J connectivity index is 1.63. The van der Waals surface area contributed by atoms with Crippen LogP contribution in [0.4, 0.5) is 5.13 Å². The lowest BCUT2D eigenvalue weighted by Gasteiger charge is -2.14. The largest absolute Gasteiger partial charge is 0.388 e. The summed E-state index contributed by atoms with van der Waals surface area (Å²) < 4.78 is 0. The first-order chi connectivity index (χ1) is 10.3. The molecule has 0 radical (unpaired) electrons. The van der Waals surface area contributed by atoms with E-state index in [0.717, 1.165) is 35.4 Å². The van der Waals surface area contributed by atoms with Crippen molar-refractivity contribution in [2.24, 2.45) is 5.92 Å². The molecule has 1 aliphatic rings. The fourth-order valence-corrected chi connectivity index (χ4v) is 3.74. The Labute approximate surface area is 130 Å². The third-order valence-electron chi connectivity index (χ3n) is 4.26. The van der Waals surface area contributed by atoms with E-state index in [2.05, 4.69) is 17.2 Å². The van der Waals surface area contributed by atoms with Crippen LogP contribution >= 0.6 is 11.3 Å². The van der Waals surface area contributed by atoms with E-state index in [1.807, 2.05) is 30.3 Å². The minimum atomic E-state index is -0.469. The van der Waals surface area contributed by atoms with Crippen LogP contribution in [0.3, 0.4) is 0 Å². The lowest BCUT2D eigenvalue weighted by Crippen LogP contribution is -2.19. The summed E-state index contributed by atoms with van der Waals surface area (Å²) >= 11 is 1.70. The molecule has 1 fully saturated rings. The Hall–Kier alpha value is -1.39.